The Labute approximate surface area is 110 Å². The van der Waals surface area contributed by atoms with E-state index < -0.39 is 0 Å². The predicted molar refractivity (Wildman–Crippen MR) is 78.1 cm³/mol. The first-order chi connectivity index (χ1) is 8.45. The molecular weight excluding hydrogens is 224 g/mol. The van der Waals surface area contributed by atoms with Crippen molar-refractivity contribution in [3.8, 4) is 0 Å². The number of carbonyl (C=O) groups excluding carboxylic acids is 1. The number of hydrogen-bond acceptors (Lipinski definition) is 2. The third kappa shape index (κ3) is 3.76. The molecule has 3 heteroatoms. The maximum atomic E-state index is 11.3. The van der Waals surface area contributed by atoms with Crippen molar-refractivity contribution in [3.05, 3.63) is 24.3 Å². The summed E-state index contributed by atoms with van der Waals surface area (Å²) in [6, 6.07) is 8.39. The van der Waals surface area contributed by atoms with Crippen LogP contribution in [0.1, 0.15) is 34.1 Å². The van der Waals surface area contributed by atoms with E-state index in [1.54, 1.807) is 18.9 Å². The van der Waals surface area contributed by atoms with Gasteiger partial charge in [-0.05, 0) is 31.0 Å². The third-order valence-corrected chi connectivity index (χ3v) is 3.60. The smallest absolute Gasteiger partial charge is 0.223 e. The Hall–Kier alpha value is -1.51. The van der Waals surface area contributed by atoms with Gasteiger partial charge in [0.05, 0.1) is 0 Å². The lowest BCUT2D eigenvalue weighted by molar-refractivity contribution is -0.116. The Morgan fingerprint density at radius 3 is 2.61 bits per heavy atom. The summed E-state index contributed by atoms with van der Waals surface area (Å²) in [5.41, 5.74) is 1.98. The minimum Gasteiger partial charge on any atom is -0.382 e. The largest absolute Gasteiger partial charge is 0.382 e. The van der Waals surface area contributed by atoms with Gasteiger partial charge in [0, 0.05) is 31.4 Å². The van der Waals surface area contributed by atoms with Gasteiger partial charge in [-0.15, -0.1) is 0 Å². The molecule has 0 aliphatic rings. The molecule has 3 nitrogen and oxygen atoms in total. The fourth-order valence-electron chi connectivity index (χ4n) is 1.74. The molecule has 0 aliphatic carbocycles. The van der Waals surface area contributed by atoms with Gasteiger partial charge in [-0.2, -0.15) is 0 Å². The molecule has 1 amide bonds. The quantitative estimate of drug-likeness (QED) is 0.864. The molecule has 0 aromatic heterocycles. The minimum atomic E-state index is 0.0436. The van der Waals surface area contributed by atoms with Gasteiger partial charge in [0.15, 0.2) is 0 Å². The van der Waals surface area contributed by atoms with Crippen LogP contribution in [0.4, 0.5) is 11.4 Å². The molecule has 0 aliphatic heterocycles. The molecule has 1 aromatic carbocycles. The number of rotatable bonds is 5. The van der Waals surface area contributed by atoms with E-state index in [0.29, 0.717) is 12.0 Å². The normalized spacial score (nSPS) is 13.8. The number of nitrogens with one attached hydrogen (secondary N) is 1. The average molecular weight is 248 g/mol. The average Bonchev–Trinajstić information content (AvgIpc) is 2.36. The standard InChI is InChI=1S/C15H24N2O/c1-6-11(2)12(3)16-14-8-7-9-15(10-14)17(5)13(4)18/h7-12,16H,6H2,1-5H3/t11-,12+/m1/s1. The van der Waals surface area contributed by atoms with Gasteiger partial charge < -0.3 is 10.2 Å². The molecule has 0 bridgehead atoms. The molecule has 0 saturated carbocycles. The van der Waals surface area contributed by atoms with Gasteiger partial charge in [0.2, 0.25) is 5.91 Å². The zero-order valence-corrected chi connectivity index (χ0v) is 12.0. The highest BCUT2D eigenvalue weighted by Gasteiger charge is 2.11. The first-order valence-electron chi connectivity index (χ1n) is 6.56. The molecule has 0 unspecified atom stereocenters. The van der Waals surface area contributed by atoms with Crippen molar-refractivity contribution in [1.29, 1.82) is 0 Å². The third-order valence-electron chi connectivity index (χ3n) is 3.60. The van der Waals surface area contributed by atoms with E-state index in [0.717, 1.165) is 17.8 Å². The van der Waals surface area contributed by atoms with Crippen LogP contribution in [0.15, 0.2) is 24.3 Å². The fourth-order valence-corrected chi connectivity index (χ4v) is 1.74. The van der Waals surface area contributed by atoms with E-state index in [1.807, 2.05) is 24.3 Å². The summed E-state index contributed by atoms with van der Waals surface area (Å²) in [6.45, 7) is 8.20. The highest BCUT2D eigenvalue weighted by Crippen LogP contribution is 2.21. The van der Waals surface area contributed by atoms with Crippen molar-refractivity contribution in [3.63, 3.8) is 0 Å². The van der Waals surface area contributed by atoms with E-state index in [4.69, 9.17) is 0 Å². The second-order valence-electron chi connectivity index (χ2n) is 4.95. The molecule has 100 valence electrons. The number of amides is 1. The Morgan fingerprint density at radius 2 is 2.06 bits per heavy atom. The number of nitrogens with zero attached hydrogens (tertiary/aromatic N) is 1. The molecule has 1 aromatic rings. The molecule has 1 N–H and O–H groups in total. The summed E-state index contributed by atoms with van der Waals surface area (Å²) in [6.07, 6.45) is 1.15. The maximum Gasteiger partial charge on any atom is 0.223 e. The second-order valence-corrected chi connectivity index (χ2v) is 4.95. The SMILES string of the molecule is CC[C@@H](C)[C@H](C)Nc1cccc(N(C)C(C)=O)c1. The van der Waals surface area contributed by atoms with Crippen LogP contribution >= 0.6 is 0 Å². The van der Waals surface area contributed by atoms with Crippen LogP contribution in [0, 0.1) is 5.92 Å². The van der Waals surface area contributed by atoms with Gasteiger partial charge in [-0.25, -0.2) is 0 Å². The lowest BCUT2D eigenvalue weighted by atomic mass is 10.0. The van der Waals surface area contributed by atoms with E-state index >= 15 is 0 Å². The Morgan fingerprint density at radius 1 is 1.39 bits per heavy atom. The van der Waals surface area contributed by atoms with Crippen LogP contribution in [-0.4, -0.2) is 19.0 Å². The van der Waals surface area contributed by atoms with Gasteiger partial charge in [0.1, 0.15) is 0 Å². The summed E-state index contributed by atoms with van der Waals surface area (Å²) in [5.74, 6) is 0.668. The van der Waals surface area contributed by atoms with E-state index in [-0.39, 0.29) is 5.91 Å². The minimum absolute atomic E-state index is 0.0436. The van der Waals surface area contributed by atoms with E-state index in [1.165, 1.54) is 0 Å². The molecule has 18 heavy (non-hydrogen) atoms. The van der Waals surface area contributed by atoms with Crippen LogP contribution in [0.2, 0.25) is 0 Å². The topological polar surface area (TPSA) is 32.3 Å². The summed E-state index contributed by atoms with van der Waals surface area (Å²) in [4.78, 5) is 13.0. The highest BCUT2D eigenvalue weighted by atomic mass is 16.2. The van der Waals surface area contributed by atoms with Crippen molar-refractivity contribution in [2.45, 2.75) is 40.2 Å². The van der Waals surface area contributed by atoms with Crippen molar-refractivity contribution in [1.82, 2.24) is 0 Å². The molecule has 0 fully saturated rings. The van der Waals surface area contributed by atoms with E-state index in [9.17, 15) is 4.79 Å². The number of anilines is 2. The second kappa shape index (κ2) is 6.43. The lowest BCUT2D eigenvalue weighted by Crippen LogP contribution is -2.24. The lowest BCUT2D eigenvalue weighted by Gasteiger charge is -2.22. The van der Waals surface area contributed by atoms with Gasteiger partial charge in [-0.3, -0.25) is 4.79 Å². The van der Waals surface area contributed by atoms with Crippen LogP contribution in [0.5, 0.6) is 0 Å². The van der Waals surface area contributed by atoms with Gasteiger partial charge in [0.25, 0.3) is 0 Å². The fraction of sp³-hybridized carbons (Fsp3) is 0.533. The molecule has 0 spiro atoms. The van der Waals surface area contributed by atoms with Crippen molar-refractivity contribution in [2.24, 2.45) is 5.92 Å². The first kappa shape index (κ1) is 14.6. The summed E-state index contributed by atoms with van der Waals surface area (Å²) in [5, 5.41) is 3.49. The van der Waals surface area contributed by atoms with Crippen LogP contribution in [-0.2, 0) is 4.79 Å². The van der Waals surface area contributed by atoms with Crippen LogP contribution in [0.25, 0.3) is 0 Å². The molecule has 0 radical (unpaired) electrons. The monoisotopic (exact) mass is 248 g/mol. The Bertz CT molecular complexity index is 403. The zero-order chi connectivity index (χ0) is 13.7. The van der Waals surface area contributed by atoms with Gasteiger partial charge in [-0.1, -0.05) is 26.3 Å². The molecule has 2 atom stereocenters. The van der Waals surface area contributed by atoms with Crippen molar-refractivity contribution >= 4 is 17.3 Å². The Balaban J connectivity index is 2.79. The molecular formula is C15H24N2O. The van der Waals surface area contributed by atoms with Crippen molar-refractivity contribution in [2.75, 3.05) is 17.3 Å². The van der Waals surface area contributed by atoms with Gasteiger partial charge >= 0.3 is 0 Å². The summed E-state index contributed by atoms with van der Waals surface area (Å²) in [7, 11) is 1.79. The summed E-state index contributed by atoms with van der Waals surface area (Å²) < 4.78 is 0. The summed E-state index contributed by atoms with van der Waals surface area (Å²) >= 11 is 0. The van der Waals surface area contributed by atoms with Crippen LogP contribution < -0.4 is 10.2 Å². The predicted octanol–water partition coefficient (Wildman–Crippen LogP) is 3.52. The van der Waals surface area contributed by atoms with E-state index in [2.05, 4.69) is 26.1 Å². The van der Waals surface area contributed by atoms with Crippen LogP contribution in [0.3, 0.4) is 0 Å². The number of benzene rings is 1. The number of carbonyl (C=O) groups is 1. The highest BCUT2D eigenvalue weighted by molar-refractivity contribution is 5.91. The first-order valence-corrected chi connectivity index (χ1v) is 6.56. The zero-order valence-electron chi connectivity index (χ0n) is 12.0. The van der Waals surface area contributed by atoms with Crippen molar-refractivity contribution < 1.29 is 4.79 Å². The molecule has 0 saturated heterocycles. The maximum absolute atomic E-state index is 11.3. The Kier molecular flexibility index (Phi) is 5.20. The molecule has 0 heterocycles. The number of hydrogen-bond donors (Lipinski definition) is 1. The molecule has 1 rings (SSSR count).